The van der Waals surface area contributed by atoms with Crippen molar-refractivity contribution >= 4 is 22.5 Å². The summed E-state index contributed by atoms with van der Waals surface area (Å²) in [5, 5.41) is 22.2. The fourth-order valence-electron chi connectivity index (χ4n) is 3.58. The topological polar surface area (TPSA) is 110 Å². The molecule has 0 spiro atoms. The van der Waals surface area contributed by atoms with Crippen LogP contribution in [0.15, 0.2) is 42.5 Å². The number of hydrogen-bond donors (Lipinski definition) is 2. The van der Waals surface area contributed by atoms with Gasteiger partial charge in [-0.3, -0.25) is 20.0 Å². The number of carbonyl (C=O) groups excluding carboxylic acids is 1. The smallest absolute Gasteiger partial charge is 0.269 e. The lowest BCUT2D eigenvalue weighted by Gasteiger charge is -2.11. The van der Waals surface area contributed by atoms with Gasteiger partial charge in [0.15, 0.2) is 0 Å². The van der Waals surface area contributed by atoms with Gasteiger partial charge < -0.3 is 10.1 Å². The molecule has 2 aromatic carbocycles. The number of rotatable bonds is 7. The number of aryl methyl sites for hydroxylation is 1. The minimum Gasteiger partial charge on any atom is -0.359 e. The third-order valence-electron chi connectivity index (χ3n) is 5.13. The Bertz CT molecular complexity index is 1020. The molecular weight excluding hydrogens is 372 g/mol. The third-order valence-corrected chi connectivity index (χ3v) is 5.13. The van der Waals surface area contributed by atoms with E-state index in [9.17, 15) is 14.9 Å². The number of benzene rings is 2. The Morgan fingerprint density at radius 1 is 1.24 bits per heavy atom. The number of H-pyrrole nitrogens is 1. The summed E-state index contributed by atoms with van der Waals surface area (Å²) >= 11 is 0. The van der Waals surface area contributed by atoms with Crippen LogP contribution in [0.25, 0.3) is 22.0 Å². The zero-order valence-corrected chi connectivity index (χ0v) is 15.9. The Kier molecular flexibility index (Phi) is 5.53. The van der Waals surface area contributed by atoms with Crippen molar-refractivity contribution in [3.63, 3.8) is 0 Å². The molecule has 0 bridgehead atoms. The second kappa shape index (κ2) is 8.40. The van der Waals surface area contributed by atoms with E-state index in [4.69, 9.17) is 4.74 Å². The molecule has 0 aliphatic carbocycles. The van der Waals surface area contributed by atoms with Gasteiger partial charge in [0.1, 0.15) is 6.23 Å². The summed E-state index contributed by atoms with van der Waals surface area (Å²) in [5.74, 6) is 0.0150. The second-order valence-corrected chi connectivity index (χ2v) is 7.16. The number of aromatic amines is 1. The first-order valence-electron chi connectivity index (χ1n) is 9.73. The van der Waals surface area contributed by atoms with Crippen LogP contribution in [0.4, 0.5) is 5.69 Å². The van der Waals surface area contributed by atoms with E-state index < -0.39 is 4.92 Å². The average molecular weight is 394 g/mol. The van der Waals surface area contributed by atoms with Gasteiger partial charge in [-0.1, -0.05) is 12.1 Å². The molecule has 1 unspecified atom stereocenters. The molecule has 8 heteroatoms. The van der Waals surface area contributed by atoms with Gasteiger partial charge in [-0.05, 0) is 55.0 Å². The molecule has 29 heavy (non-hydrogen) atoms. The van der Waals surface area contributed by atoms with E-state index >= 15 is 0 Å². The number of nitro benzene ring substituents is 1. The molecule has 150 valence electrons. The number of amides is 1. The largest absolute Gasteiger partial charge is 0.359 e. The van der Waals surface area contributed by atoms with Gasteiger partial charge in [-0.15, -0.1) is 0 Å². The maximum absolute atomic E-state index is 12.0. The first-order valence-corrected chi connectivity index (χ1v) is 9.73. The lowest BCUT2D eigenvalue weighted by molar-refractivity contribution is -0.384. The van der Waals surface area contributed by atoms with E-state index in [-0.39, 0.29) is 17.8 Å². The summed E-state index contributed by atoms with van der Waals surface area (Å²) in [4.78, 5) is 22.4. The molecule has 1 atom stereocenters. The maximum atomic E-state index is 12.0. The van der Waals surface area contributed by atoms with Crippen LogP contribution in [0.3, 0.4) is 0 Å². The van der Waals surface area contributed by atoms with Crippen LogP contribution in [0, 0.1) is 10.1 Å². The highest BCUT2D eigenvalue weighted by atomic mass is 16.6. The van der Waals surface area contributed by atoms with Gasteiger partial charge in [-0.25, -0.2) is 0 Å². The SMILES string of the molecule is O=C(CCCc1[nH]nc2cc(-c3ccc([N+](=O)[O-])cc3)ccc12)NC1CCCO1. The molecule has 2 heterocycles. The summed E-state index contributed by atoms with van der Waals surface area (Å²) in [5.41, 5.74) is 3.74. The highest BCUT2D eigenvalue weighted by Crippen LogP contribution is 2.27. The lowest BCUT2D eigenvalue weighted by Crippen LogP contribution is -2.33. The number of nitrogens with one attached hydrogen (secondary N) is 2. The van der Waals surface area contributed by atoms with Crippen LogP contribution in [-0.4, -0.2) is 33.9 Å². The highest BCUT2D eigenvalue weighted by molar-refractivity contribution is 5.86. The summed E-state index contributed by atoms with van der Waals surface area (Å²) in [6.07, 6.45) is 3.64. The van der Waals surface area contributed by atoms with Crippen LogP contribution >= 0.6 is 0 Å². The number of non-ortho nitro benzene ring substituents is 1. The molecule has 8 nitrogen and oxygen atoms in total. The number of hydrogen-bond acceptors (Lipinski definition) is 5. The highest BCUT2D eigenvalue weighted by Gasteiger charge is 2.17. The van der Waals surface area contributed by atoms with Crippen LogP contribution in [0.5, 0.6) is 0 Å². The number of aromatic nitrogens is 2. The van der Waals surface area contributed by atoms with Crippen molar-refractivity contribution in [1.82, 2.24) is 15.5 Å². The van der Waals surface area contributed by atoms with Crippen LogP contribution in [-0.2, 0) is 16.0 Å². The first kappa shape index (κ1) is 19.1. The number of carbonyl (C=O) groups is 1. The Morgan fingerprint density at radius 3 is 2.76 bits per heavy atom. The number of nitro groups is 1. The molecule has 0 radical (unpaired) electrons. The Balaban J connectivity index is 1.39. The zero-order chi connectivity index (χ0) is 20.2. The van der Waals surface area contributed by atoms with Gasteiger partial charge in [-0.2, -0.15) is 5.10 Å². The molecule has 1 saturated heterocycles. The van der Waals surface area contributed by atoms with Gasteiger partial charge >= 0.3 is 0 Å². The summed E-state index contributed by atoms with van der Waals surface area (Å²) in [7, 11) is 0. The Hall–Kier alpha value is -3.26. The zero-order valence-electron chi connectivity index (χ0n) is 15.9. The van der Waals surface area contributed by atoms with Gasteiger partial charge in [0.25, 0.3) is 5.69 Å². The average Bonchev–Trinajstić information content (AvgIpc) is 3.37. The number of fused-ring (bicyclic) bond motifs is 1. The van der Waals surface area contributed by atoms with Crippen molar-refractivity contribution in [2.45, 2.75) is 38.3 Å². The summed E-state index contributed by atoms with van der Waals surface area (Å²) in [6, 6.07) is 12.4. The molecule has 4 rings (SSSR count). The van der Waals surface area contributed by atoms with E-state index in [2.05, 4.69) is 15.5 Å². The molecule has 3 aromatic rings. The minimum absolute atomic E-state index is 0.0150. The van der Waals surface area contributed by atoms with Crippen molar-refractivity contribution < 1.29 is 14.5 Å². The van der Waals surface area contributed by atoms with Crippen molar-refractivity contribution in [1.29, 1.82) is 0 Å². The van der Waals surface area contributed by atoms with Crippen LogP contribution in [0.2, 0.25) is 0 Å². The fourth-order valence-corrected chi connectivity index (χ4v) is 3.58. The van der Waals surface area contributed by atoms with Gasteiger partial charge in [0.2, 0.25) is 5.91 Å². The molecule has 1 fully saturated rings. The van der Waals surface area contributed by atoms with E-state index in [1.54, 1.807) is 12.1 Å². The predicted octanol–water partition coefficient (Wildman–Crippen LogP) is 3.71. The van der Waals surface area contributed by atoms with Crippen molar-refractivity contribution in [2.24, 2.45) is 0 Å². The fraction of sp³-hybridized carbons (Fsp3) is 0.333. The molecule has 2 N–H and O–H groups in total. The molecule has 0 saturated carbocycles. The van der Waals surface area contributed by atoms with Gasteiger partial charge in [0, 0.05) is 36.2 Å². The predicted molar refractivity (Wildman–Crippen MR) is 108 cm³/mol. The number of ether oxygens (including phenoxy) is 1. The standard InChI is InChI=1S/C21H22N4O4/c26-20(22-21-5-2-12-29-21)4-1-3-18-17-11-8-15(13-19(17)24-23-18)14-6-9-16(10-7-14)25(27)28/h6-11,13,21H,1-5,12H2,(H,22,26)(H,23,24). The van der Waals surface area contributed by atoms with Crippen molar-refractivity contribution in [2.75, 3.05) is 6.61 Å². The van der Waals surface area contributed by atoms with E-state index in [0.29, 0.717) is 13.0 Å². The second-order valence-electron chi connectivity index (χ2n) is 7.16. The van der Waals surface area contributed by atoms with Crippen LogP contribution in [0.1, 0.15) is 31.4 Å². The Morgan fingerprint density at radius 2 is 2.03 bits per heavy atom. The lowest BCUT2D eigenvalue weighted by atomic mass is 10.0. The summed E-state index contributed by atoms with van der Waals surface area (Å²) < 4.78 is 5.42. The number of nitrogens with zero attached hydrogens (tertiary/aromatic N) is 2. The molecular formula is C21H22N4O4. The van der Waals surface area contributed by atoms with E-state index in [1.807, 2.05) is 18.2 Å². The third kappa shape index (κ3) is 4.43. The van der Waals surface area contributed by atoms with Crippen molar-refractivity contribution in [3.8, 4) is 11.1 Å². The maximum Gasteiger partial charge on any atom is 0.269 e. The Labute approximate surface area is 167 Å². The van der Waals surface area contributed by atoms with Gasteiger partial charge in [0.05, 0.1) is 10.4 Å². The monoisotopic (exact) mass is 394 g/mol. The minimum atomic E-state index is -0.409. The summed E-state index contributed by atoms with van der Waals surface area (Å²) in [6.45, 7) is 0.715. The molecule has 1 aliphatic rings. The molecule has 1 amide bonds. The van der Waals surface area contributed by atoms with Crippen LogP contribution < -0.4 is 5.32 Å². The first-order chi connectivity index (χ1) is 14.1. The quantitative estimate of drug-likeness (QED) is 0.469. The molecule has 1 aliphatic heterocycles. The van der Waals surface area contributed by atoms with E-state index in [0.717, 1.165) is 53.4 Å². The molecule has 1 aromatic heterocycles. The van der Waals surface area contributed by atoms with E-state index in [1.165, 1.54) is 12.1 Å². The normalized spacial score (nSPS) is 16.2. The van der Waals surface area contributed by atoms with Crippen molar-refractivity contribution in [3.05, 3.63) is 58.3 Å².